The molecule has 0 radical (unpaired) electrons. The Morgan fingerprint density at radius 1 is 1.56 bits per heavy atom. The van der Waals surface area contributed by atoms with Crippen LogP contribution in [0, 0.1) is 0 Å². The number of aromatic nitrogens is 2. The van der Waals surface area contributed by atoms with E-state index in [1.807, 2.05) is 0 Å². The van der Waals surface area contributed by atoms with E-state index in [0.717, 1.165) is 0 Å². The monoisotopic (exact) mass is 268 g/mol. The number of carbonyl (C=O) groups excluding carboxylic acids is 1. The first kappa shape index (κ1) is 10.4. The highest BCUT2D eigenvalue weighted by atomic mass is 35.5. The van der Waals surface area contributed by atoms with Crippen molar-refractivity contribution in [3.8, 4) is 0 Å². The summed E-state index contributed by atoms with van der Waals surface area (Å²) >= 11 is 5.71. The Kier molecular flexibility index (Phi) is 2.66. The molecule has 0 bridgehead atoms. The van der Waals surface area contributed by atoms with E-state index >= 15 is 0 Å². The van der Waals surface area contributed by atoms with E-state index in [1.165, 1.54) is 23.0 Å². The molecular formula is C13H15ClN2O2. The Labute approximate surface area is 113 Å². The average Bonchev–Trinajstić information content (AvgIpc) is 2.68. The number of carbonyl (C=O) groups is 1. The molecule has 0 aromatic carbocycles. The van der Waals surface area contributed by atoms with Gasteiger partial charge in [0.1, 0.15) is 11.2 Å². The fourth-order valence-corrected chi connectivity index (χ4v) is 1.74. The number of ether oxygens (including phenoxy) is 1. The molecule has 0 fully saturated rings. The number of halogens is 1. The van der Waals surface area contributed by atoms with Gasteiger partial charge in [-0.25, -0.2) is 14.3 Å². The van der Waals surface area contributed by atoms with Gasteiger partial charge in [0, 0.05) is 26.4 Å². The molecule has 0 unspecified atom stereocenters. The molecule has 96 valence electrons. The lowest BCUT2D eigenvalue weighted by Gasteiger charge is -2.19. The number of rotatable bonds is 1. The van der Waals surface area contributed by atoms with Crippen molar-refractivity contribution in [2.24, 2.45) is 0 Å². The second kappa shape index (κ2) is 4.61. The molecule has 0 saturated carbocycles. The van der Waals surface area contributed by atoms with Crippen molar-refractivity contribution in [2.75, 3.05) is 0 Å². The third-order valence-electron chi connectivity index (χ3n) is 2.28. The summed E-state index contributed by atoms with van der Waals surface area (Å²) in [4.78, 5) is 16.2. The Morgan fingerprint density at radius 2 is 2.28 bits per heavy atom. The highest BCUT2D eigenvalue weighted by Crippen LogP contribution is 2.20. The topological polar surface area (TPSA) is 44.1 Å². The Balaban J connectivity index is 2.51. The van der Waals surface area contributed by atoms with Crippen LogP contribution in [0.1, 0.15) is 29.1 Å². The van der Waals surface area contributed by atoms with Gasteiger partial charge in [-0.2, -0.15) is 0 Å². The maximum absolute atomic E-state index is 12.1. The van der Waals surface area contributed by atoms with Gasteiger partial charge < -0.3 is 4.74 Å². The van der Waals surface area contributed by atoms with Crippen LogP contribution < -0.4 is 0 Å². The van der Waals surface area contributed by atoms with Gasteiger partial charge in [-0.1, -0.05) is 0 Å². The van der Waals surface area contributed by atoms with E-state index in [0.29, 0.717) is 11.0 Å². The first-order chi connectivity index (χ1) is 9.09. The second-order valence-electron chi connectivity index (χ2n) is 4.86. The van der Waals surface area contributed by atoms with E-state index < -0.39 is 17.5 Å². The van der Waals surface area contributed by atoms with Gasteiger partial charge in [-0.05, 0) is 38.5 Å². The van der Waals surface area contributed by atoms with Gasteiger partial charge in [0.05, 0.1) is 0 Å². The van der Waals surface area contributed by atoms with E-state index in [9.17, 15) is 4.79 Å². The van der Waals surface area contributed by atoms with Crippen molar-refractivity contribution in [3.63, 3.8) is 0 Å². The van der Waals surface area contributed by atoms with Gasteiger partial charge >= 0.3 is 6.09 Å². The Hall–Kier alpha value is -1.55. The molecule has 18 heavy (non-hydrogen) atoms. The normalized spacial score (nSPS) is 14.2. The number of pyridine rings is 1. The standard InChI is InChI=1S/C13H15ClN2O2/c1-13(2,3)18-12(17)16-7-5-10-9(8-14)4-6-15-11(10)16/h4-7H,8H2,1-3H3/i8D2. The van der Waals surface area contributed by atoms with Crippen LogP contribution in [-0.2, 0) is 10.6 Å². The SMILES string of the molecule is [2H]C([2H])(Cl)c1ccnc2c1ccn2C(=O)OC(C)(C)C. The van der Waals surface area contributed by atoms with E-state index in [1.54, 1.807) is 26.8 Å². The summed E-state index contributed by atoms with van der Waals surface area (Å²) < 4.78 is 21.7. The number of nitrogens with zero attached hydrogens (tertiary/aromatic N) is 2. The van der Waals surface area contributed by atoms with E-state index in [4.69, 9.17) is 19.1 Å². The zero-order chi connectivity index (χ0) is 15.1. The fourth-order valence-electron chi connectivity index (χ4n) is 1.58. The molecule has 5 heteroatoms. The van der Waals surface area contributed by atoms with Crippen LogP contribution in [-0.4, -0.2) is 21.2 Å². The van der Waals surface area contributed by atoms with Gasteiger partial charge in [0.15, 0.2) is 0 Å². The number of alkyl halides is 1. The van der Waals surface area contributed by atoms with Crippen molar-refractivity contribution in [3.05, 3.63) is 30.1 Å². The lowest BCUT2D eigenvalue weighted by Crippen LogP contribution is -2.26. The largest absolute Gasteiger partial charge is 0.443 e. The number of hydrogen-bond acceptors (Lipinski definition) is 3. The highest BCUT2D eigenvalue weighted by molar-refractivity contribution is 6.18. The van der Waals surface area contributed by atoms with Crippen LogP contribution in [0.25, 0.3) is 11.0 Å². The summed E-state index contributed by atoms with van der Waals surface area (Å²) in [6.07, 6.45) is 2.35. The predicted molar refractivity (Wildman–Crippen MR) is 70.9 cm³/mol. The quantitative estimate of drug-likeness (QED) is 0.743. The summed E-state index contributed by atoms with van der Waals surface area (Å²) in [5.41, 5.74) is -0.0282. The predicted octanol–water partition coefficient (Wildman–Crippen LogP) is 3.56. The molecule has 0 amide bonds. The Morgan fingerprint density at radius 3 is 2.89 bits per heavy atom. The minimum Gasteiger partial charge on any atom is -0.443 e. The first-order valence-corrected chi connectivity index (χ1v) is 5.86. The van der Waals surface area contributed by atoms with Crippen molar-refractivity contribution < 1.29 is 12.3 Å². The van der Waals surface area contributed by atoms with Crippen LogP contribution in [0.3, 0.4) is 0 Å². The maximum Gasteiger partial charge on any atom is 0.420 e. The molecule has 2 heterocycles. The summed E-state index contributed by atoms with van der Waals surface area (Å²) in [7, 11) is 0. The molecule has 2 aromatic heterocycles. The second-order valence-corrected chi connectivity index (χ2v) is 5.05. The zero-order valence-electron chi connectivity index (χ0n) is 12.4. The van der Waals surface area contributed by atoms with Crippen LogP contribution in [0.2, 0.25) is 0 Å². The van der Waals surface area contributed by atoms with Gasteiger partial charge in [-0.3, -0.25) is 0 Å². The molecule has 0 spiro atoms. The highest BCUT2D eigenvalue weighted by Gasteiger charge is 2.19. The first-order valence-electron chi connectivity index (χ1n) is 6.48. The summed E-state index contributed by atoms with van der Waals surface area (Å²) in [6, 6.07) is 3.09. The third-order valence-corrected chi connectivity index (χ3v) is 2.48. The lowest BCUT2D eigenvalue weighted by atomic mass is 10.2. The van der Waals surface area contributed by atoms with Gasteiger partial charge in [0.25, 0.3) is 0 Å². The summed E-state index contributed by atoms with van der Waals surface area (Å²) in [6.45, 7) is 5.31. The number of fused-ring (bicyclic) bond motifs is 1. The van der Waals surface area contributed by atoms with Gasteiger partial charge in [-0.15, -0.1) is 11.6 Å². The van der Waals surface area contributed by atoms with Crippen LogP contribution in [0.5, 0.6) is 0 Å². The fraction of sp³-hybridized carbons (Fsp3) is 0.385. The molecule has 2 rings (SSSR count). The molecule has 0 saturated heterocycles. The van der Waals surface area contributed by atoms with E-state index in [2.05, 4.69) is 4.98 Å². The van der Waals surface area contributed by atoms with Gasteiger partial charge in [0.2, 0.25) is 0 Å². The van der Waals surface area contributed by atoms with E-state index in [-0.39, 0.29) is 5.56 Å². The molecule has 0 aliphatic heterocycles. The lowest BCUT2D eigenvalue weighted by molar-refractivity contribution is 0.0543. The van der Waals surface area contributed by atoms with Crippen molar-refractivity contribution in [1.29, 1.82) is 0 Å². The van der Waals surface area contributed by atoms with Crippen molar-refractivity contribution >= 4 is 28.7 Å². The van der Waals surface area contributed by atoms with Crippen LogP contribution in [0.4, 0.5) is 4.79 Å². The maximum atomic E-state index is 12.1. The molecular weight excluding hydrogens is 252 g/mol. The minimum absolute atomic E-state index is 0.270. The zero-order valence-corrected chi connectivity index (χ0v) is 11.2. The molecule has 2 aromatic rings. The van der Waals surface area contributed by atoms with Crippen LogP contribution in [0.15, 0.2) is 24.5 Å². The Bertz CT molecular complexity index is 656. The third kappa shape index (κ3) is 2.48. The number of hydrogen-bond donors (Lipinski definition) is 0. The molecule has 4 nitrogen and oxygen atoms in total. The van der Waals surface area contributed by atoms with Crippen molar-refractivity contribution in [1.82, 2.24) is 9.55 Å². The average molecular weight is 269 g/mol. The molecule has 0 N–H and O–H groups in total. The molecule has 0 aliphatic carbocycles. The molecule has 0 atom stereocenters. The van der Waals surface area contributed by atoms with Crippen LogP contribution >= 0.6 is 11.6 Å². The van der Waals surface area contributed by atoms with Crippen molar-refractivity contribution in [2.45, 2.75) is 32.2 Å². The molecule has 0 aliphatic rings. The summed E-state index contributed by atoms with van der Waals surface area (Å²) in [5, 5.41) is 0.485. The minimum atomic E-state index is -2.03. The summed E-state index contributed by atoms with van der Waals surface area (Å²) in [5.74, 6) is -2.03. The smallest absolute Gasteiger partial charge is 0.420 e.